The molecule has 0 radical (unpaired) electrons. The number of allylic oxidation sites excluding steroid dienone is 1. The first kappa shape index (κ1) is 12.8. The second kappa shape index (κ2) is 5.73. The van der Waals surface area contributed by atoms with E-state index in [-0.39, 0.29) is 17.7 Å². The molecule has 3 heteroatoms. The van der Waals surface area contributed by atoms with Gasteiger partial charge >= 0.3 is 0 Å². The predicted octanol–water partition coefficient (Wildman–Crippen LogP) is 1.83. The molecule has 2 N–H and O–H groups in total. The smallest absolute Gasteiger partial charge is 0.157 e. The van der Waals surface area contributed by atoms with Crippen molar-refractivity contribution in [1.29, 1.82) is 0 Å². The lowest BCUT2D eigenvalue weighted by atomic mass is 9.93. The maximum absolute atomic E-state index is 12.0. The van der Waals surface area contributed by atoms with Crippen LogP contribution in [0.3, 0.4) is 0 Å². The molecule has 0 spiro atoms. The van der Waals surface area contributed by atoms with Gasteiger partial charge in [0.05, 0.1) is 11.7 Å². The lowest BCUT2D eigenvalue weighted by Crippen LogP contribution is -2.43. The first-order chi connectivity index (χ1) is 7.52. The molecule has 0 saturated carbocycles. The van der Waals surface area contributed by atoms with Crippen LogP contribution in [-0.4, -0.2) is 18.4 Å². The first-order valence-electron chi connectivity index (χ1n) is 5.92. The molecule has 1 atom stereocenters. The van der Waals surface area contributed by atoms with Gasteiger partial charge in [0.2, 0.25) is 0 Å². The Labute approximate surface area is 98.0 Å². The summed E-state index contributed by atoms with van der Waals surface area (Å²) in [6.07, 6.45) is 5.97. The van der Waals surface area contributed by atoms with Gasteiger partial charge < -0.3 is 10.6 Å². The van der Waals surface area contributed by atoms with Crippen molar-refractivity contribution in [3.63, 3.8) is 0 Å². The number of nitrogens with one attached hydrogen (secondary N) is 2. The largest absolute Gasteiger partial charge is 0.386 e. The maximum atomic E-state index is 12.0. The minimum atomic E-state index is -0.101. The second-order valence-electron chi connectivity index (χ2n) is 4.83. The van der Waals surface area contributed by atoms with Gasteiger partial charge in [0, 0.05) is 18.7 Å². The highest BCUT2D eigenvalue weighted by Gasteiger charge is 2.24. The number of carbonyl (C=O) groups excluding carboxylic acids is 1. The monoisotopic (exact) mass is 222 g/mol. The Morgan fingerprint density at radius 1 is 1.38 bits per heavy atom. The summed E-state index contributed by atoms with van der Waals surface area (Å²) in [5.41, 5.74) is 0.985. The Hall–Kier alpha value is -1.25. The number of carbonyl (C=O) groups is 1. The number of hydrogen-bond donors (Lipinski definition) is 2. The quantitative estimate of drug-likeness (QED) is 0.745. The molecule has 0 aromatic carbocycles. The van der Waals surface area contributed by atoms with Gasteiger partial charge in [-0.05, 0) is 12.0 Å². The molecule has 90 valence electrons. The summed E-state index contributed by atoms with van der Waals surface area (Å²) in [4.78, 5) is 12.0. The van der Waals surface area contributed by atoms with Crippen LogP contribution in [0.15, 0.2) is 24.0 Å². The van der Waals surface area contributed by atoms with Crippen molar-refractivity contribution < 1.29 is 4.79 Å². The van der Waals surface area contributed by atoms with Crippen LogP contribution in [0.4, 0.5) is 0 Å². The van der Waals surface area contributed by atoms with Crippen molar-refractivity contribution in [2.45, 2.75) is 33.7 Å². The molecular weight excluding hydrogens is 200 g/mol. The summed E-state index contributed by atoms with van der Waals surface area (Å²) in [5, 5.41) is 6.42. The number of rotatable bonds is 5. The summed E-state index contributed by atoms with van der Waals surface area (Å²) in [6, 6.07) is -0.101. The van der Waals surface area contributed by atoms with E-state index in [4.69, 9.17) is 0 Å². The zero-order chi connectivity index (χ0) is 12.1. The highest BCUT2D eigenvalue weighted by Crippen LogP contribution is 2.11. The third-order valence-corrected chi connectivity index (χ3v) is 2.66. The van der Waals surface area contributed by atoms with Gasteiger partial charge in [0.15, 0.2) is 5.78 Å². The Balaban J connectivity index is 2.68. The van der Waals surface area contributed by atoms with Crippen LogP contribution in [0.1, 0.15) is 27.7 Å². The van der Waals surface area contributed by atoms with Crippen molar-refractivity contribution in [2.75, 3.05) is 6.54 Å². The summed E-state index contributed by atoms with van der Waals surface area (Å²) in [5.74, 6) is 0.641. The molecule has 0 saturated heterocycles. The third kappa shape index (κ3) is 3.40. The van der Waals surface area contributed by atoms with Crippen LogP contribution in [0.2, 0.25) is 0 Å². The molecule has 0 aromatic heterocycles. The topological polar surface area (TPSA) is 41.1 Å². The van der Waals surface area contributed by atoms with Gasteiger partial charge in [-0.1, -0.05) is 33.8 Å². The summed E-state index contributed by atoms with van der Waals surface area (Å²) in [6.45, 7) is 8.89. The van der Waals surface area contributed by atoms with Gasteiger partial charge in [-0.15, -0.1) is 0 Å². The molecule has 1 rings (SSSR count). The minimum Gasteiger partial charge on any atom is -0.386 e. The number of dihydropyridines is 1. The second-order valence-corrected chi connectivity index (χ2v) is 4.83. The normalized spacial score (nSPS) is 17.0. The average molecular weight is 222 g/mol. The van der Waals surface area contributed by atoms with E-state index in [1.165, 1.54) is 0 Å². The highest BCUT2D eigenvalue weighted by atomic mass is 16.1. The highest BCUT2D eigenvalue weighted by molar-refractivity contribution is 5.86. The molecule has 0 aromatic rings. The number of hydrogen-bond acceptors (Lipinski definition) is 3. The van der Waals surface area contributed by atoms with E-state index in [1.807, 2.05) is 32.2 Å². The minimum absolute atomic E-state index is 0.0704. The van der Waals surface area contributed by atoms with Crippen LogP contribution in [0.5, 0.6) is 0 Å². The molecule has 0 fully saturated rings. The Bertz CT molecular complexity index is 303. The van der Waals surface area contributed by atoms with Crippen molar-refractivity contribution in [1.82, 2.24) is 10.6 Å². The number of Topliss-reactive ketones (excluding diaryl/α,β-unsaturated/α-hetero) is 1. The SMILES string of the molecule is CC(C)C(=O)[C@@H](NC1=CNCC=C1)C(C)C. The van der Waals surface area contributed by atoms with Crippen molar-refractivity contribution in [3.05, 3.63) is 24.0 Å². The van der Waals surface area contributed by atoms with E-state index in [2.05, 4.69) is 24.5 Å². The molecular formula is C13H22N2O. The average Bonchev–Trinajstić information content (AvgIpc) is 2.26. The zero-order valence-electron chi connectivity index (χ0n) is 10.6. The van der Waals surface area contributed by atoms with Gasteiger partial charge in [-0.2, -0.15) is 0 Å². The van der Waals surface area contributed by atoms with E-state index in [0.29, 0.717) is 5.92 Å². The van der Waals surface area contributed by atoms with E-state index >= 15 is 0 Å². The van der Waals surface area contributed by atoms with Crippen molar-refractivity contribution in [3.8, 4) is 0 Å². The lowest BCUT2D eigenvalue weighted by Gasteiger charge is -2.25. The fraction of sp³-hybridized carbons (Fsp3) is 0.615. The molecule has 0 aliphatic carbocycles. The van der Waals surface area contributed by atoms with Crippen molar-refractivity contribution in [2.24, 2.45) is 11.8 Å². The summed E-state index contributed by atoms with van der Waals surface area (Å²) < 4.78 is 0. The van der Waals surface area contributed by atoms with Crippen LogP contribution in [-0.2, 0) is 4.79 Å². The van der Waals surface area contributed by atoms with Gasteiger partial charge in [-0.25, -0.2) is 0 Å². The Morgan fingerprint density at radius 3 is 2.50 bits per heavy atom. The molecule has 3 nitrogen and oxygen atoms in total. The van der Waals surface area contributed by atoms with E-state index in [9.17, 15) is 4.79 Å². The van der Waals surface area contributed by atoms with Gasteiger partial charge in [-0.3, -0.25) is 4.79 Å². The molecule has 16 heavy (non-hydrogen) atoms. The first-order valence-corrected chi connectivity index (χ1v) is 5.92. The predicted molar refractivity (Wildman–Crippen MR) is 66.8 cm³/mol. The van der Waals surface area contributed by atoms with E-state index < -0.39 is 0 Å². The summed E-state index contributed by atoms with van der Waals surface area (Å²) in [7, 11) is 0. The van der Waals surface area contributed by atoms with Crippen molar-refractivity contribution >= 4 is 5.78 Å². The van der Waals surface area contributed by atoms with E-state index in [1.54, 1.807) is 0 Å². The van der Waals surface area contributed by atoms with E-state index in [0.717, 1.165) is 12.2 Å². The molecule has 0 unspecified atom stereocenters. The summed E-state index contributed by atoms with van der Waals surface area (Å²) >= 11 is 0. The molecule has 1 aliphatic heterocycles. The third-order valence-electron chi connectivity index (χ3n) is 2.66. The number of ketones is 1. The van der Waals surface area contributed by atoms with Crippen LogP contribution in [0, 0.1) is 11.8 Å². The van der Waals surface area contributed by atoms with Gasteiger partial charge in [0.25, 0.3) is 0 Å². The van der Waals surface area contributed by atoms with Crippen LogP contribution in [0.25, 0.3) is 0 Å². The van der Waals surface area contributed by atoms with Crippen LogP contribution < -0.4 is 10.6 Å². The lowest BCUT2D eigenvalue weighted by molar-refractivity contribution is -0.124. The zero-order valence-corrected chi connectivity index (χ0v) is 10.6. The standard InChI is InChI=1S/C13H22N2O/c1-9(2)12(13(16)10(3)4)15-11-6-5-7-14-8-11/h5-6,8-10,12,14-15H,7H2,1-4H3/t12-/m0/s1. The van der Waals surface area contributed by atoms with Crippen LogP contribution >= 0.6 is 0 Å². The Morgan fingerprint density at radius 2 is 2.06 bits per heavy atom. The Kier molecular flexibility index (Phi) is 4.59. The fourth-order valence-electron chi connectivity index (χ4n) is 1.67. The maximum Gasteiger partial charge on any atom is 0.157 e. The fourth-order valence-corrected chi connectivity index (χ4v) is 1.67. The molecule has 0 amide bonds. The van der Waals surface area contributed by atoms with Gasteiger partial charge in [0.1, 0.15) is 0 Å². The molecule has 1 aliphatic rings. The molecule has 1 heterocycles. The molecule has 0 bridgehead atoms.